The van der Waals surface area contributed by atoms with Crippen LogP contribution in [0.25, 0.3) is 6.08 Å². The molecule has 1 heterocycles. The van der Waals surface area contributed by atoms with Crippen LogP contribution in [0.2, 0.25) is 0 Å². The van der Waals surface area contributed by atoms with E-state index in [1.165, 1.54) is 24.3 Å². The number of nitrogens with zero attached hydrogens (tertiary/aromatic N) is 1. The third kappa shape index (κ3) is 4.67. The van der Waals surface area contributed by atoms with Gasteiger partial charge in [-0.2, -0.15) is 0 Å². The first-order chi connectivity index (χ1) is 11.4. The SMILES string of the molecule is CCCCOC(=O)CN1C(=O)S/C(=C/c2ccc(F)c(Br)c2)C1=O. The molecule has 128 valence electrons. The number of ether oxygens (including phenoxy) is 1. The van der Waals surface area contributed by atoms with Crippen molar-refractivity contribution in [3.05, 3.63) is 39.0 Å². The molecule has 24 heavy (non-hydrogen) atoms. The second-order valence-electron chi connectivity index (χ2n) is 5.02. The molecular weight excluding hydrogens is 401 g/mol. The maximum Gasteiger partial charge on any atom is 0.326 e. The van der Waals surface area contributed by atoms with E-state index in [0.717, 1.165) is 29.5 Å². The Morgan fingerprint density at radius 1 is 1.42 bits per heavy atom. The van der Waals surface area contributed by atoms with Gasteiger partial charge in [0, 0.05) is 0 Å². The summed E-state index contributed by atoms with van der Waals surface area (Å²) in [5, 5.41) is -0.528. The summed E-state index contributed by atoms with van der Waals surface area (Å²) in [4.78, 5) is 36.9. The molecule has 1 aromatic carbocycles. The van der Waals surface area contributed by atoms with Crippen LogP contribution in [0, 0.1) is 5.82 Å². The molecule has 1 aromatic rings. The molecule has 1 aliphatic rings. The number of hydrogen-bond donors (Lipinski definition) is 0. The third-order valence-electron chi connectivity index (χ3n) is 3.16. The van der Waals surface area contributed by atoms with Gasteiger partial charge in [-0.15, -0.1) is 0 Å². The first-order valence-corrected chi connectivity index (χ1v) is 8.89. The number of rotatable bonds is 6. The first-order valence-electron chi connectivity index (χ1n) is 7.28. The maximum absolute atomic E-state index is 13.2. The Bertz CT molecular complexity index is 707. The van der Waals surface area contributed by atoms with Crippen molar-refractivity contribution < 1.29 is 23.5 Å². The summed E-state index contributed by atoms with van der Waals surface area (Å²) >= 11 is 3.80. The Labute approximate surface area is 151 Å². The monoisotopic (exact) mass is 415 g/mol. The van der Waals surface area contributed by atoms with E-state index < -0.39 is 29.5 Å². The van der Waals surface area contributed by atoms with Crippen LogP contribution in [0.3, 0.4) is 0 Å². The number of hydrogen-bond acceptors (Lipinski definition) is 5. The third-order valence-corrected chi connectivity index (χ3v) is 4.68. The fourth-order valence-electron chi connectivity index (χ4n) is 1.89. The number of carbonyl (C=O) groups excluding carboxylic acids is 3. The number of thioether (sulfide) groups is 1. The molecule has 1 saturated heterocycles. The lowest BCUT2D eigenvalue weighted by Crippen LogP contribution is -2.34. The molecule has 5 nitrogen and oxygen atoms in total. The van der Waals surface area contributed by atoms with Crippen LogP contribution in [0.4, 0.5) is 9.18 Å². The predicted octanol–water partition coefficient (Wildman–Crippen LogP) is 3.97. The fraction of sp³-hybridized carbons (Fsp3) is 0.312. The number of unbranched alkanes of at least 4 members (excludes halogenated alkanes) is 1. The lowest BCUT2D eigenvalue weighted by molar-refractivity contribution is -0.146. The molecule has 8 heteroatoms. The van der Waals surface area contributed by atoms with E-state index in [4.69, 9.17) is 4.74 Å². The smallest absolute Gasteiger partial charge is 0.326 e. The minimum Gasteiger partial charge on any atom is -0.464 e. The average molecular weight is 416 g/mol. The number of benzene rings is 1. The summed E-state index contributed by atoms with van der Waals surface area (Å²) in [6, 6.07) is 4.25. The Morgan fingerprint density at radius 2 is 2.17 bits per heavy atom. The fourth-order valence-corrected chi connectivity index (χ4v) is 3.13. The molecule has 0 saturated carbocycles. The lowest BCUT2D eigenvalue weighted by Gasteiger charge is -2.11. The zero-order valence-electron chi connectivity index (χ0n) is 12.9. The van der Waals surface area contributed by atoms with Crippen molar-refractivity contribution in [1.82, 2.24) is 4.90 Å². The summed E-state index contributed by atoms with van der Waals surface area (Å²) < 4.78 is 18.5. The minimum absolute atomic E-state index is 0.180. The Hall–Kier alpha value is -1.67. The topological polar surface area (TPSA) is 63.7 Å². The quantitative estimate of drug-likeness (QED) is 0.399. The molecule has 2 amide bonds. The molecule has 0 bridgehead atoms. The maximum atomic E-state index is 13.2. The van der Waals surface area contributed by atoms with Crippen molar-refractivity contribution in [2.45, 2.75) is 19.8 Å². The van der Waals surface area contributed by atoms with Gasteiger partial charge in [-0.25, -0.2) is 4.39 Å². The van der Waals surface area contributed by atoms with Gasteiger partial charge in [0.25, 0.3) is 11.1 Å². The van der Waals surface area contributed by atoms with Gasteiger partial charge in [0.2, 0.25) is 0 Å². The molecule has 0 atom stereocenters. The van der Waals surface area contributed by atoms with Crippen molar-refractivity contribution in [3.8, 4) is 0 Å². The summed E-state index contributed by atoms with van der Waals surface area (Å²) in [5.41, 5.74) is 0.569. The first kappa shape index (κ1) is 18.7. The summed E-state index contributed by atoms with van der Waals surface area (Å²) in [6.07, 6.45) is 3.09. The van der Waals surface area contributed by atoms with E-state index in [-0.39, 0.29) is 16.0 Å². The number of carbonyl (C=O) groups is 3. The average Bonchev–Trinajstić information content (AvgIpc) is 2.79. The Kier molecular flexibility index (Phi) is 6.56. The summed E-state index contributed by atoms with van der Waals surface area (Å²) in [5.74, 6) is -1.59. The number of imide groups is 1. The molecule has 0 unspecified atom stereocenters. The van der Waals surface area contributed by atoms with Crippen LogP contribution in [-0.4, -0.2) is 35.2 Å². The molecule has 0 radical (unpaired) electrons. The molecule has 2 rings (SSSR count). The Balaban J connectivity index is 2.06. The van der Waals surface area contributed by atoms with Crippen molar-refractivity contribution >= 4 is 50.9 Å². The van der Waals surface area contributed by atoms with Gasteiger partial charge in [-0.05, 0) is 57.9 Å². The van der Waals surface area contributed by atoms with Crippen LogP contribution in [0.1, 0.15) is 25.3 Å². The largest absolute Gasteiger partial charge is 0.464 e. The van der Waals surface area contributed by atoms with E-state index in [2.05, 4.69) is 15.9 Å². The highest BCUT2D eigenvalue weighted by molar-refractivity contribution is 9.10. The molecule has 0 aromatic heterocycles. The Morgan fingerprint density at radius 3 is 2.83 bits per heavy atom. The van der Waals surface area contributed by atoms with E-state index in [1.807, 2.05) is 6.92 Å². The second-order valence-corrected chi connectivity index (χ2v) is 6.86. The van der Waals surface area contributed by atoms with Gasteiger partial charge in [0.05, 0.1) is 16.0 Å². The van der Waals surface area contributed by atoms with Gasteiger partial charge in [0.1, 0.15) is 12.4 Å². The van der Waals surface area contributed by atoms with Crippen LogP contribution in [0.15, 0.2) is 27.6 Å². The summed E-state index contributed by atoms with van der Waals surface area (Å²) in [7, 11) is 0. The van der Waals surface area contributed by atoms with E-state index in [1.54, 1.807) is 0 Å². The van der Waals surface area contributed by atoms with Crippen molar-refractivity contribution in [1.29, 1.82) is 0 Å². The number of esters is 1. The van der Waals surface area contributed by atoms with Crippen molar-refractivity contribution in [2.24, 2.45) is 0 Å². The second kappa shape index (κ2) is 8.43. The van der Waals surface area contributed by atoms with Gasteiger partial charge in [-0.3, -0.25) is 19.3 Å². The van der Waals surface area contributed by atoms with Crippen molar-refractivity contribution in [3.63, 3.8) is 0 Å². The molecule has 0 N–H and O–H groups in total. The normalized spacial score (nSPS) is 16.1. The van der Waals surface area contributed by atoms with E-state index in [9.17, 15) is 18.8 Å². The predicted molar refractivity (Wildman–Crippen MR) is 92.6 cm³/mol. The van der Waals surface area contributed by atoms with Crippen LogP contribution in [-0.2, 0) is 14.3 Å². The van der Waals surface area contributed by atoms with E-state index in [0.29, 0.717) is 5.56 Å². The standard InChI is InChI=1S/C16H15BrFNO4S/c1-2-3-6-23-14(20)9-19-15(21)13(24-16(19)22)8-10-4-5-12(18)11(17)7-10/h4-5,7-8H,2-3,6,9H2,1H3/b13-8+. The molecule has 1 aliphatic heterocycles. The highest BCUT2D eigenvalue weighted by Crippen LogP contribution is 2.32. The van der Waals surface area contributed by atoms with Gasteiger partial charge >= 0.3 is 5.97 Å². The highest BCUT2D eigenvalue weighted by Gasteiger charge is 2.36. The van der Waals surface area contributed by atoms with E-state index >= 15 is 0 Å². The molecule has 1 fully saturated rings. The molecular formula is C16H15BrFNO4S. The lowest BCUT2D eigenvalue weighted by atomic mass is 10.2. The highest BCUT2D eigenvalue weighted by atomic mass is 79.9. The summed E-state index contributed by atoms with van der Waals surface area (Å²) in [6.45, 7) is 1.83. The van der Waals surface area contributed by atoms with Crippen LogP contribution >= 0.6 is 27.7 Å². The zero-order chi connectivity index (χ0) is 17.7. The van der Waals surface area contributed by atoms with Crippen LogP contribution < -0.4 is 0 Å². The van der Waals surface area contributed by atoms with Crippen LogP contribution in [0.5, 0.6) is 0 Å². The van der Waals surface area contributed by atoms with Gasteiger partial charge in [-0.1, -0.05) is 19.4 Å². The number of halogens is 2. The minimum atomic E-state index is -0.614. The number of amides is 2. The molecule has 0 spiro atoms. The van der Waals surface area contributed by atoms with Crippen molar-refractivity contribution in [2.75, 3.05) is 13.2 Å². The van der Waals surface area contributed by atoms with Gasteiger partial charge in [0.15, 0.2) is 0 Å². The zero-order valence-corrected chi connectivity index (χ0v) is 15.3. The molecule has 0 aliphatic carbocycles. The van der Waals surface area contributed by atoms with Gasteiger partial charge < -0.3 is 4.74 Å².